The molecule has 0 aliphatic heterocycles. The van der Waals surface area contributed by atoms with Crippen LogP contribution in [0.1, 0.15) is 27.2 Å². The Hall–Kier alpha value is -1.62. The van der Waals surface area contributed by atoms with E-state index in [0.717, 1.165) is 6.42 Å². The first kappa shape index (κ1) is 15.4. The second kappa shape index (κ2) is 7.09. The minimum absolute atomic E-state index is 0.00982. The Morgan fingerprint density at radius 2 is 2.11 bits per heavy atom. The second-order valence-electron chi connectivity index (χ2n) is 5.03. The first-order chi connectivity index (χ1) is 8.88. The van der Waals surface area contributed by atoms with Gasteiger partial charge in [-0.05, 0) is 37.5 Å². The lowest BCUT2D eigenvalue weighted by atomic mass is 10.1. The monoisotopic (exact) mass is 268 g/mol. The predicted molar refractivity (Wildman–Crippen MR) is 74.3 cm³/mol. The zero-order valence-corrected chi connectivity index (χ0v) is 11.6. The van der Waals surface area contributed by atoms with Gasteiger partial charge in [0.05, 0.1) is 17.5 Å². The maximum absolute atomic E-state index is 13.0. The molecule has 0 heterocycles. The van der Waals surface area contributed by atoms with Crippen LogP contribution < -0.4 is 11.1 Å². The molecule has 0 saturated carbocycles. The van der Waals surface area contributed by atoms with Crippen LogP contribution in [0.5, 0.6) is 0 Å². The molecule has 3 N–H and O–H groups in total. The van der Waals surface area contributed by atoms with Crippen LogP contribution >= 0.6 is 0 Å². The molecule has 0 aliphatic rings. The average molecular weight is 268 g/mol. The minimum atomic E-state index is -0.446. The number of nitrogens with two attached hydrogens (primary N) is 1. The van der Waals surface area contributed by atoms with Crippen LogP contribution in [0.4, 0.5) is 15.8 Å². The van der Waals surface area contributed by atoms with Crippen molar-refractivity contribution in [1.82, 2.24) is 0 Å². The summed E-state index contributed by atoms with van der Waals surface area (Å²) < 4.78 is 18.4. The minimum Gasteiger partial charge on any atom is -0.397 e. The zero-order valence-electron chi connectivity index (χ0n) is 11.6. The molecule has 19 heavy (non-hydrogen) atoms. The van der Waals surface area contributed by atoms with E-state index in [1.807, 2.05) is 6.92 Å². The predicted octanol–water partition coefficient (Wildman–Crippen LogP) is 2.80. The number of rotatable bonds is 6. The molecule has 1 aromatic carbocycles. The normalized spacial score (nSPS) is 12.5. The molecule has 1 unspecified atom stereocenters. The van der Waals surface area contributed by atoms with Crippen LogP contribution in [0, 0.1) is 11.7 Å². The van der Waals surface area contributed by atoms with Crippen LogP contribution in [0.15, 0.2) is 18.2 Å². The molecule has 0 bridgehead atoms. The van der Waals surface area contributed by atoms with Gasteiger partial charge in [0.1, 0.15) is 12.4 Å². The van der Waals surface area contributed by atoms with E-state index in [1.54, 1.807) is 0 Å². The molecule has 1 aromatic rings. The molecule has 4 nitrogen and oxygen atoms in total. The number of carbonyl (C=O) groups excluding carboxylic acids is 1. The number of anilines is 2. The SMILES string of the molecule is CC(C)CC(C)OCC(=O)Nc1cc(F)ccc1N. The van der Waals surface area contributed by atoms with E-state index < -0.39 is 5.82 Å². The van der Waals surface area contributed by atoms with Crippen molar-refractivity contribution in [1.29, 1.82) is 0 Å². The number of amides is 1. The molecular weight excluding hydrogens is 247 g/mol. The van der Waals surface area contributed by atoms with Gasteiger partial charge < -0.3 is 15.8 Å². The van der Waals surface area contributed by atoms with Crippen LogP contribution in [-0.2, 0) is 9.53 Å². The standard InChI is InChI=1S/C14H21FN2O2/c1-9(2)6-10(3)19-8-14(18)17-13-7-11(15)4-5-12(13)16/h4-5,7,9-10H,6,8,16H2,1-3H3,(H,17,18). The summed E-state index contributed by atoms with van der Waals surface area (Å²) in [7, 11) is 0. The summed E-state index contributed by atoms with van der Waals surface area (Å²) in [6, 6.07) is 3.84. The van der Waals surface area contributed by atoms with Gasteiger partial charge in [0.25, 0.3) is 0 Å². The molecular formula is C14H21FN2O2. The Bertz CT molecular complexity index is 435. The summed E-state index contributed by atoms with van der Waals surface area (Å²) in [4.78, 5) is 11.7. The fourth-order valence-corrected chi connectivity index (χ4v) is 1.77. The zero-order chi connectivity index (χ0) is 14.4. The van der Waals surface area contributed by atoms with Gasteiger partial charge in [0.15, 0.2) is 0 Å². The summed E-state index contributed by atoms with van der Waals surface area (Å²) >= 11 is 0. The fraction of sp³-hybridized carbons (Fsp3) is 0.500. The average Bonchev–Trinajstić information content (AvgIpc) is 2.30. The van der Waals surface area contributed by atoms with E-state index in [0.29, 0.717) is 11.6 Å². The van der Waals surface area contributed by atoms with Crippen molar-refractivity contribution in [2.24, 2.45) is 5.92 Å². The van der Waals surface area contributed by atoms with E-state index in [2.05, 4.69) is 19.2 Å². The van der Waals surface area contributed by atoms with E-state index in [-0.39, 0.29) is 24.3 Å². The Morgan fingerprint density at radius 1 is 1.42 bits per heavy atom. The Morgan fingerprint density at radius 3 is 2.74 bits per heavy atom. The lowest BCUT2D eigenvalue weighted by molar-refractivity contribution is -0.122. The molecule has 0 saturated heterocycles. The quantitative estimate of drug-likeness (QED) is 0.780. The Labute approximate surface area is 113 Å². The third kappa shape index (κ3) is 5.70. The van der Waals surface area contributed by atoms with Crippen molar-refractivity contribution < 1.29 is 13.9 Å². The van der Waals surface area contributed by atoms with E-state index >= 15 is 0 Å². The highest BCUT2D eigenvalue weighted by atomic mass is 19.1. The van der Waals surface area contributed by atoms with E-state index in [1.165, 1.54) is 18.2 Å². The van der Waals surface area contributed by atoms with Gasteiger partial charge in [-0.1, -0.05) is 13.8 Å². The molecule has 1 amide bonds. The number of nitrogen functional groups attached to an aromatic ring is 1. The topological polar surface area (TPSA) is 64.3 Å². The second-order valence-corrected chi connectivity index (χ2v) is 5.03. The van der Waals surface area contributed by atoms with Gasteiger partial charge >= 0.3 is 0 Å². The number of ether oxygens (including phenoxy) is 1. The van der Waals surface area contributed by atoms with Crippen molar-refractivity contribution in [3.05, 3.63) is 24.0 Å². The van der Waals surface area contributed by atoms with Crippen LogP contribution in [0.2, 0.25) is 0 Å². The Balaban J connectivity index is 2.45. The highest BCUT2D eigenvalue weighted by Gasteiger charge is 2.10. The highest BCUT2D eigenvalue weighted by Crippen LogP contribution is 2.19. The van der Waals surface area contributed by atoms with Gasteiger partial charge in [-0.2, -0.15) is 0 Å². The molecule has 0 aromatic heterocycles. The fourth-order valence-electron chi connectivity index (χ4n) is 1.77. The smallest absolute Gasteiger partial charge is 0.250 e. The van der Waals surface area contributed by atoms with Gasteiger partial charge in [-0.15, -0.1) is 0 Å². The van der Waals surface area contributed by atoms with Crippen molar-refractivity contribution >= 4 is 17.3 Å². The number of benzene rings is 1. The highest BCUT2D eigenvalue weighted by molar-refractivity contribution is 5.94. The van der Waals surface area contributed by atoms with E-state index in [9.17, 15) is 9.18 Å². The molecule has 0 spiro atoms. The van der Waals surface area contributed by atoms with Crippen LogP contribution in [0.3, 0.4) is 0 Å². The number of hydrogen-bond acceptors (Lipinski definition) is 3. The summed E-state index contributed by atoms with van der Waals surface area (Å²) in [6.45, 7) is 6.04. The summed E-state index contributed by atoms with van der Waals surface area (Å²) in [5.41, 5.74) is 6.23. The third-order valence-corrected chi connectivity index (χ3v) is 2.59. The number of hydrogen-bond donors (Lipinski definition) is 2. The number of nitrogens with one attached hydrogen (secondary N) is 1. The van der Waals surface area contributed by atoms with Crippen molar-refractivity contribution in [2.45, 2.75) is 33.3 Å². The lowest BCUT2D eigenvalue weighted by Gasteiger charge is -2.15. The van der Waals surface area contributed by atoms with Gasteiger partial charge in [-0.3, -0.25) is 4.79 Å². The van der Waals surface area contributed by atoms with Crippen molar-refractivity contribution in [3.8, 4) is 0 Å². The molecule has 0 aliphatic carbocycles. The molecule has 0 fully saturated rings. The third-order valence-electron chi connectivity index (χ3n) is 2.59. The molecule has 5 heteroatoms. The Kier molecular flexibility index (Phi) is 5.76. The van der Waals surface area contributed by atoms with E-state index in [4.69, 9.17) is 10.5 Å². The summed E-state index contributed by atoms with van der Waals surface area (Å²) in [5, 5.41) is 2.53. The van der Waals surface area contributed by atoms with Gasteiger partial charge in [0.2, 0.25) is 5.91 Å². The van der Waals surface area contributed by atoms with Crippen LogP contribution in [0.25, 0.3) is 0 Å². The molecule has 1 atom stereocenters. The van der Waals surface area contributed by atoms with Crippen molar-refractivity contribution in [3.63, 3.8) is 0 Å². The van der Waals surface area contributed by atoms with Crippen LogP contribution in [-0.4, -0.2) is 18.6 Å². The number of halogens is 1. The molecule has 0 radical (unpaired) electrons. The molecule has 106 valence electrons. The summed E-state index contributed by atoms with van der Waals surface area (Å²) in [6.07, 6.45) is 0.894. The largest absolute Gasteiger partial charge is 0.397 e. The first-order valence-corrected chi connectivity index (χ1v) is 6.35. The lowest BCUT2D eigenvalue weighted by Crippen LogP contribution is -2.23. The van der Waals surface area contributed by atoms with Gasteiger partial charge in [-0.25, -0.2) is 4.39 Å². The van der Waals surface area contributed by atoms with Gasteiger partial charge in [0, 0.05) is 0 Å². The first-order valence-electron chi connectivity index (χ1n) is 6.35. The maximum Gasteiger partial charge on any atom is 0.250 e. The molecule has 1 rings (SSSR count). The maximum atomic E-state index is 13.0. The van der Waals surface area contributed by atoms with Crippen molar-refractivity contribution in [2.75, 3.05) is 17.7 Å². The number of carbonyl (C=O) groups is 1. The summed E-state index contributed by atoms with van der Waals surface area (Å²) in [5.74, 6) is -0.275.